The smallest absolute Gasteiger partial charge is 0.324 e. The molecule has 140 valence electrons. The van der Waals surface area contributed by atoms with E-state index in [0.29, 0.717) is 13.0 Å². The number of rotatable bonds is 5. The number of imide groups is 1. The fourth-order valence-electron chi connectivity index (χ4n) is 2.97. The number of likely N-dealkylation sites (tertiary alicyclic amines) is 1. The van der Waals surface area contributed by atoms with Crippen LogP contribution in [0.2, 0.25) is 5.02 Å². The van der Waals surface area contributed by atoms with Crippen LogP contribution in [0, 0.1) is 0 Å². The normalized spacial score (nSPS) is 20.6. The van der Waals surface area contributed by atoms with Crippen molar-refractivity contribution >= 4 is 39.5 Å². The van der Waals surface area contributed by atoms with E-state index in [2.05, 4.69) is 10.0 Å². The van der Waals surface area contributed by atoms with Crippen LogP contribution in [0.3, 0.4) is 0 Å². The molecule has 4 amide bonds. The second-order valence-corrected chi connectivity index (χ2v) is 8.19. The highest BCUT2D eigenvalue weighted by atomic mass is 35.5. The minimum Gasteiger partial charge on any atom is -0.339 e. The highest BCUT2D eigenvalue weighted by molar-refractivity contribution is 7.89. The van der Waals surface area contributed by atoms with Crippen molar-refractivity contribution in [2.45, 2.75) is 17.4 Å². The van der Waals surface area contributed by atoms with Gasteiger partial charge < -0.3 is 10.2 Å². The molecule has 0 aromatic heterocycles. The molecular weight excluding hydrogens is 384 g/mol. The molecule has 1 aromatic rings. The summed E-state index contributed by atoms with van der Waals surface area (Å²) in [7, 11) is -3.86. The summed E-state index contributed by atoms with van der Waals surface area (Å²) in [5.41, 5.74) is 0. The van der Waals surface area contributed by atoms with E-state index >= 15 is 0 Å². The summed E-state index contributed by atoms with van der Waals surface area (Å²) >= 11 is 5.79. The van der Waals surface area contributed by atoms with E-state index in [4.69, 9.17) is 11.6 Å². The number of carbonyl (C=O) groups excluding carboxylic acids is 3. The largest absolute Gasteiger partial charge is 0.339 e. The van der Waals surface area contributed by atoms with Crippen molar-refractivity contribution in [1.82, 2.24) is 19.8 Å². The molecule has 0 aliphatic carbocycles. The van der Waals surface area contributed by atoms with E-state index in [0.717, 1.165) is 4.90 Å². The second kappa shape index (κ2) is 7.22. The van der Waals surface area contributed by atoms with Crippen molar-refractivity contribution in [3.8, 4) is 0 Å². The van der Waals surface area contributed by atoms with Gasteiger partial charge in [-0.3, -0.25) is 14.5 Å². The third-order valence-electron chi connectivity index (χ3n) is 4.28. The van der Waals surface area contributed by atoms with E-state index in [9.17, 15) is 22.8 Å². The van der Waals surface area contributed by atoms with Gasteiger partial charge in [-0.15, -0.1) is 0 Å². The summed E-state index contributed by atoms with van der Waals surface area (Å²) in [6, 6.07) is 4.86. The SMILES string of the molecule is O=C(CNS(=O)(=O)c1cccc(Cl)c1)N1CCC(N2C(=O)CNC2=O)C1. The Labute approximate surface area is 155 Å². The van der Waals surface area contributed by atoms with Crippen LogP contribution in [0.4, 0.5) is 4.79 Å². The minimum absolute atomic E-state index is 0.0311. The van der Waals surface area contributed by atoms with E-state index < -0.39 is 34.5 Å². The van der Waals surface area contributed by atoms with Crippen LogP contribution in [0.5, 0.6) is 0 Å². The Morgan fingerprint density at radius 2 is 2.12 bits per heavy atom. The lowest BCUT2D eigenvalue weighted by molar-refractivity contribution is -0.130. The molecule has 0 spiro atoms. The average Bonchev–Trinajstić information content (AvgIpc) is 3.19. The quantitative estimate of drug-likeness (QED) is 0.662. The Morgan fingerprint density at radius 3 is 2.77 bits per heavy atom. The number of halogens is 1. The first kappa shape index (κ1) is 18.6. The highest BCUT2D eigenvalue weighted by Crippen LogP contribution is 2.19. The van der Waals surface area contributed by atoms with Crippen LogP contribution in [0.25, 0.3) is 0 Å². The molecule has 2 saturated heterocycles. The maximum absolute atomic E-state index is 12.3. The van der Waals surface area contributed by atoms with Crippen molar-refractivity contribution in [1.29, 1.82) is 0 Å². The number of sulfonamides is 1. The van der Waals surface area contributed by atoms with Crippen LogP contribution < -0.4 is 10.0 Å². The number of nitrogens with one attached hydrogen (secondary N) is 2. The summed E-state index contributed by atoms with van der Waals surface area (Å²) in [5.74, 6) is -0.749. The van der Waals surface area contributed by atoms with Crippen LogP contribution in [0.15, 0.2) is 29.2 Å². The first-order valence-corrected chi connectivity index (χ1v) is 9.77. The summed E-state index contributed by atoms with van der Waals surface area (Å²) in [4.78, 5) is 38.2. The first-order chi connectivity index (χ1) is 12.3. The Morgan fingerprint density at radius 1 is 1.35 bits per heavy atom. The van der Waals surface area contributed by atoms with Gasteiger partial charge in [-0.1, -0.05) is 17.7 Å². The number of hydrogen-bond donors (Lipinski definition) is 2. The molecule has 26 heavy (non-hydrogen) atoms. The second-order valence-electron chi connectivity index (χ2n) is 5.99. The highest BCUT2D eigenvalue weighted by Gasteiger charge is 2.39. The van der Waals surface area contributed by atoms with Gasteiger partial charge in [-0.25, -0.2) is 17.9 Å². The monoisotopic (exact) mass is 400 g/mol. The molecule has 2 aliphatic heterocycles. The molecule has 1 unspecified atom stereocenters. The third-order valence-corrected chi connectivity index (χ3v) is 5.91. The molecule has 0 bridgehead atoms. The fourth-order valence-corrected chi connectivity index (χ4v) is 4.24. The van der Waals surface area contributed by atoms with Gasteiger partial charge in [0.15, 0.2) is 0 Å². The number of nitrogens with zero attached hydrogens (tertiary/aromatic N) is 2. The van der Waals surface area contributed by atoms with Gasteiger partial charge in [-0.05, 0) is 24.6 Å². The Bertz CT molecular complexity index is 843. The molecule has 1 aromatic carbocycles. The maximum Gasteiger partial charge on any atom is 0.324 e. The molecular formula is C15H17ClN4O5S. The number of hydrogen-bond acceptors (Lipinski definition) is 5. The molecule has 0 saturated carbocycles. The molecule has 2 fully saturated rings. The van der Waals surface area contributed by atoms with Crippen molar-refractivity contribution in [2.24, 2.45) is 0 Å². The van der Waals surface area contributed by atoms with E-state index in [1.165, 1.54) is 23.1 Å². The predicted octanol–water partition coefficient (Wildman–Crippen LogP) is -0.229. The van der Waals surface area contributed by atoms with E-state index in [-0.39, 0.29) is 28.9 Å². The molecule has 2 heterocycles. The zero-order valence-corrected chi connectivity index (χ0v) is 15.2. The molecule has 11 heteroatoms. The van der Waals surface area contributed by atoms with Gasteiger partial charge in [0, 0.05) is 18.1 Å². The van der Waals surface area contributed by atoms with Gasteiger partial charge in [0.1, 0.15) is 0 Å². The minimum atomic E-state index is -3.86. The molecule has 1 atom stereocenters. The van der Waals surface area contributed by atoms with Crippen LogP contribution >= 0.6 is 11.6 Å². The summed E-state index contributed by atoms with van der Waals surface area (Å²) in [5, 5.41) is 2.71. The fraction of sp³-hybridized carbons (Fsp3) is 0.400. The number of carbonyl (C=O) groups is 3. The lowest BCUT2D eigenvalue weighted by Gasteiger charge is -2.21. The van der Waals surface area contributed by atoms with Crippen molar-refractivity contribution in [2.75, 3.05) is 26.2 Å². The standard InChI is InChI=1S/C15H17ClN4O5S/c16-10-2-1-3-12(6-10)26(24,25)18-8-13(21)19-5-4-11(9-19)20-14(22)7-17-15(20)23/h1-3,6,11,18H,4-5,7-9H2,(H,17,23). The number of amides is 4. The van der Waals surface area contributed by atoms with Gasteiger partial charge >= 0.3 is 6.03 Å². The van der Waals surface area contributed by atoms with Gasteiger partial charge in [0.25, 0.3) is 0 Å². The average molecular weight is 401 g/mol. The topological polar surface area (TPSA) is 116 Å². The summed E-state index contributed by atoms with van der Waals surface area (Å²) in [6.07, 6.45) is 0.464. The van der Waals surface area contributed by atoms with Crippen molar-refractivity contribution in [3.05, 3.63) is 29.3 Å². The number of benzene rings is 1. The van der Waals surface area contributed by atoms with Gasteiger partial charge in [-0.2, -0.15) is 0 Å². The van der Waals surface area contributed by atoms with Crippen LogP contribution in [-0.4, -0.2) is 68.3 Å². The molecule has 3 rings (SSSR count). The third kappa shape index (κ3) is 3.81. The lowest BCUT2D eigenvalue weighted by atomic mass is 10.2. The Hall–Kier alpha value is -2.17. The van der Waals surface area contributed by atoms with Crippen molar-refractivity contribution in [3.63, 3.8) is 0 Å². The Balaban J connectivity index is 1.57. The molecule has 0 radical (unpaired) electrons. The maximum atomic E-state index is 12.3. The van der Waals surface area contributed by atoms with Crippen LogP contribution in [-0.2, 0) is 19.6 Å². The summed E-state index contributed by atoms with van der Waals surface area (Å²) < 4.78 is 26.7. The zero-order chi connectivity index (χ0) is 18.9. The lowest BCUT2D eigenvalue weighted by Crippen LogP contribution is -2.44. The van der Waals surface area contributed by atoms with E-state index in [1.54, 1.807) is 6.07 Å². The number of urea groups is 1. The molecule has 2 N–H and O–H groups in total. The van der Waals surface area contributed by atoms with E-state index in [1.807, 2.05) is 0 Å². The van der Waals surface area contributed by atoms with Gasteiger partial charge in [0.2, 0.25) is 21.8 Å². The first-order valence-electron chi connectivity index (χ1n) is 7.91. The molecule has 9 nitrogen and oxygen atoms in total. The summed E-state index contributed by atoms with van der Waals surface area (Å²) in [6.45, 7) is 0.0841. The zero-order valence-electron chi connectivity index (χ0n) is 13.6. The van der Waals surface area contributed by atoms with Crippen LogP contribution in [0.1, 0.15) is 6.42 Å². The Kier molecular flexibility index (Phi) is 5.17. The van der Waals surface area contributed by atoms with Crippen molar-refractivity contribution < 1.29 is 22.8 Å². The van der Waals surface area contributed by atoms with Gasteiger partial charge in [0.05, 0.1) is 24.0 Å². The predicted molar refractivity (Wildman–Crippen MR) is 91.9 cm³/mol. The molecule has 2 aliphatic rings.